The second kappa shape index (κ2) is 3.07. The van der Waals surface area contributed by atoms with Gasteiger partial charge in [0.2, 0.25) is 0 Å². The van der Waals surface area contributed by atoms with Crippen molar-refractivity contribution in [3.8, 4) is 0 Å². The average molecular weight is 177 g/mol. The number of rotatable bonds is 1. The van der Waals surface area contributed by atoms with E-state index < -0.39 is 0 Å². The van der Waals surface area contributed by atoms with Crippen molar-refractivity contribution in [2.75, 3.05) is 6.26 Å². The van der Waals surface area contributed by atoms with Crippen molar-refractivity contribution in [3.63, 3.8) is 0 Å². The molecule has 1 aromatic rings. The molecule has 0 spiro atoms. The molecule has 1 N–H and O–H groups in total. The monoisotopic (exact) mass is 176 g/mol. The van der Waals surface area contributed by atoms with E-state index in [1.807, 2.05) is 0 Å². The lowest BCUT2D eigenvalue weighted by Gasteiger charge is -1.94. The maximum absolute atomic E-state index is 10.8. The van der Waals surface area contributed by atoms with Crippen LogP contribution in [-0.4, -0.2) is 16.5 Å². The van der Waals surface area contributed by atoms with Gasteiger partial charge in [-0.3, -0.25) is 4.79 Å². The van der Waals surface area contributed by atoms with E-state index in [0.717, 1.165) is 0 Å². The second-order valence-electron chi connectivity index (χ2n) is 1.58. The molecule has 10 heavy (non-hydrogen) atoms. The summed E-state index contributed by atoms with van der Waals surface area (Å²) >= 11 is 6.93. The molecule has 0 atom stereocenters. The zero-order chi connectivity index (χ0) is 7.56. The summed E-state index contributed by atoms with van der Waals surface area (Å²) in [6, 6.07) is 0. The molecule has 0 aliphatic heterocycles. The number of thioether (sulfide) groups is 1. The summed E-state index contributed by atoms with van der Waals surface area (Å²) in [5.41, 5.74) is -0.236. The van der Waals surface area contributed by atoms with Crippen molar-refractivity contribution < 1.29 is 0 Å². The average Bonchev–Trinajstić information content (AvgIpc) is 1.88. The van der Waals surface area contributed by atoms with E-state index in [9.17, 15) is 4.79 Å². The Morgan fingerprint density at radius 3 is 2.90 bits per heavy atom. The SMILES string of the molecule is CSc1c(Cl)cn[nH]c1=O. The summed E-state index contributed by atoms with van der Waals surface area (Å²) in [5, 5.41) is 6.19. The summed E-state index contributed by atoms with van der Waals surface area (Å²) in [6.07, 6.45) is 3.20. The van der Waals surface area contributed by atoms with Gasteiger partial charge in [0.05, 0.1) is 16.1 Å². The first-order valence-corrected chi connectivity index (χ1v) is 4.13. The largest absolute Gasteiger partial charge is 0.279 e. The number of nitrogens with one attached hydrogen (secondary N) is 1. The van der Waals surface area contributed by atoms with Gasteiger partial charge in [0, 0.05) is 0 Å². The van der Waals surface area contributed by atoms with Gasteiger partial charge >= 0.3 is 0 Å². The van der Waals surface area contributed by atoms with E-state index in [2.05, 4.69) is 10.2 Å². The topological polar surface area (TPSA) is 45.8 Å². The van der Waals surface area contributed by atoms with Crippen LogP contribution in [-0.2, 0) is 0 Å². The van der Waals surface area contributed by atoms with Crippen LogP contribution < -0.4 is 5.56 Å². The van der Waals surface area contributed by atoms with E-state index >= 15 is 0 Å². The van der Waals surface area contributed by atoms with Crippen LogP contribution in [0.4, 0.5) is 0 Å². The van der Waals surface area contributed by atoms with Crippen LogP contribution in [0.2, 0.25) is 5.02 Å². The van der Waals surface area contributed by atoms with Crippen molar-refractivity contribution in [1.82, 2.24) is 10.2 Å². The van der Waals surface area contributed by atoms with Crippen molar-refractivity contribution in [2.45, 2.75) is 4.90 Å². The van der Waals surface area contributed by atoms with Crippen molar-refractivity contribution in [2.24, 2.45) is 0 Å². The Bertz CT molecular complexity index is 285. The Morgan fingerprint density at radius 2 is 2.50 bits per heavy atom. The van der Waals surface area contributed by atoms with Crippen LogP contribution in [0.25, 0.3) is 0 Å². The van der Waals surface area contributed by atoms with Crippen LogP contribution >= 0.6 is 23.4 Å². The lowest BCUT2D eigenvalue weighted by molar-refractivity contribution is 0.947. The summed E-state index contributed by atoms with van der Waals surface area (Å²) in [5.74, 6) is 0. The fraction of sp³-hybridized carbons (Fsp3) is 0.200. The molecule has 1 aromatic heterocycles. The normalized spacial score (nSPS) is 9.80. The smallest absolute Gasteiger partial charge is 0.267 e. The fourth-order valence-electron chi connectivity index (χ4n) is 0.556. The number of halogens is 1. The maximum atomic E-state index is 10.8. The third-order valence-electron chi connectivity index (χ3n) is 0.971. The van der Waals surface area contributed by atoms with E-state index in [0.29, 0.717) is 9.92 Å². The summed E-state index contributed by atoms with van der Waals surface area (Å²) in [6.45, 7) is 0. The van der Waals surface area contributed by atoms with Gasteiger partial charge in [-0.2, -0.15) is 5.10 Å². The van der Waals surface area contributed by atoms with Gasteiger partial charge < -0.3 is 0 Å². The third-order valence-corrected chi connectivity index (χ3v) is 2.18. The molecule has 0 fully saturated rings. The first-order valence-electron chi connectivity index (χ1n) is 2.53. The molecule has 0 radical (unpaired) electrons. The number of H-pyrrole nitrogens is 1. The highest BCUT2D eigenvalue weighted by Gasteiger charge is 2.01. The van der Waals surface area contributed by atoms with Gasteiger partial charge in [-0.05, 0) is 6.26 Å². The summed E-state index contributed by atoms with van der Waals surface area (Å²) < 4.78 is 0. The molecule has 0 bridgehead atoms. The van der Waals surface area contributed by atoms with Crippen molar-refractivity contribution in [1.29, 1.82) is 0 Å². The molecule has 54 valence electrons. The van der Waals surface area contributed by atoms with E-state index in [1.165, 1.54) is 18.0 Å². The Labute approximate surface area is 66.8 Å². The molecule has 0 amide bonds. The minimum absolute atomic E-state index is 0.236. The number of hydrogen-bond acceptors (Lipinski definition) is 3. The highest BCUT2D eigenvalue weighted by molar-refractivity contribution is 7.98. The minimum atomic E-state index is -0.236. The Hall–Kier alpha value is -0.480. The van der Waals surface area contributed by atoms with Gasteiger partial charge in [-0.15, -0.1) is 11.8 Å². The zero-order valence-corrected chi connectivity index (χ0v) is 6.79. The fourth-order valence-corrected chi connectivity index (χ4v) is 1.40. The molecular weight excluding hydrogens is 172 g/mol. The molecule has 0 unspecified atom stereocenters. The lowest BCUT2D eigenvalue weighted by atomic mass is 10.6. The number of aromatic nitrogens is 2. The molecule has 0 aromatic carbocycles. The van der Waals surface area contributed by atoms with Crippen LogP contribution in [0, 0.1) is 0 Å². The highest BCUT2D eigenvalue weighted by atomic mass is 35.5. The van der Waals surface area contributed by atoms with Crippen LogP contribution in [0.1, 0.15) is 0 Å². The van der Waals surface area contributed by atoms with Gasteiger partial charge in [-0.1, -0.05) is 11.6 Å². The standard InChI is InChI=1S/C5H5ClN2OS/c1-10-4-3(6)2-7-8-5(4)9/h2H,1H3,(H,8,9). The second-order valence-corrected chi connectivity index (χ2v) is 2.80. The van der Waals surface area contributed by atoms with Gasteiger partial charge in [0.25, 0.3) is 5.56 Å². The molecule has 5 heteroatoms. The van der Waals surface area contributed by atoms with Gasteiger partial charge in [0.1, 0.15) is 0 Å². The predicted octanol–water partition coefficient (Wildman–Crippen LogP) is 1.15. The Morgan fingerprint density at radius 1 is 1.80 bits per heavy atom. The van der Waals surface area contributed by atoms with Gasteiger partial charge in [0.15, 0.2) is 0 Å². The molecule has 0 saturated heterocycles. The third kappa shape index (κ3) is 1.33. The van der Waals surface area contributed by atoms with E-state index in [-0.39, 0.29) is 5.56 Å². The van der Waals surface area contributed by atoms with E-state index in [4.69, 9.17) is 11.6 Å². The van der Waals surface area contributed by atoms with Crippen LogP contribution in [0.15, 0.2) is 15.9 Å². The lowest BCUT2D eigenvalue weighted by Crippen LogP contribution is -2.09. The zero-order valence-electron chi connectivity index (χ0n) is 5.22. The first kappa shape index (κ1) is 7.63. The molecule has 3 nitrogen and oxygen atoms in total. The first-order chi connectivity index (χ1) is 4.75. The molecule has 1 heterocycles. The Balaban J connectivity index is 3.31. The number of aromatic amines is 1. The number of hydrogen-bond donors (Lipinski definition) is 1. The van der Waals surface area contributed by atoms with Gasteiger partial charge in [-0.25, -0.2) is 5.10 Å². The van der Waals surface area contributed by atoms with Crippen molar-refractivity contribution >= 4 is 23.4 Å². The minimum Gasteiger partial charge on any atom is -0.267 e. The predicted molar refractivity (Wildman–Crippen MR) is 41.6 cm³/mol. The highest BCUT2D eigenvalue weighted by Crippen LogP contribution is 2.18. The number of nitrogens with zero attached hydrogens (tertiary/aromatic N) is 1. The Kier molecular flexibility index (Phi) is 2.34. The molecular formula is C5H5ClN2OS. The molecule has 0 aliphatic rings. The van der Waals surface area contributed by atoms with Crippen LogP contribution in [0.3, 0.4) is 0 Å². The summed E-state index contributed by atoms with van der Waals surface area (Å²) in [4.78, 5) is 11.4. The van der Waals surface area contributed by atoms with Crippen LogP contribution in [0.5, 0.6) is 0 Å². The van der Waals surface area contributed by atoms with Crippen molar-refractivity contribution in [3.05, 3.63) is 21.6 Å². The molecule has 0 aliphatic carbocycles. The quantitative estimate of drug-likeness (QED) is 0.653. The molecule has 0 saturated carbocycles. The van der Waals surface area contributed by atoms with E-state index in [1.54, 1.807) is 6.26 Å². The maximum Gasteiger partial charge on any atom is 0.279 e. The summed E-state index contributed by atoms with van der Waals surface area (Å²) in [7, 11) is 0. The molecule has 1 rings (SSSR count).